The number of carbonyl (C=O) groups excluding carboxylic acids is 1. The van der Waals surface area contributed by atoms with Crippen LogP contribution in [0.25, 0.3) is 0 Å². The van der Waals surface area contributed by atoms with E-state index in [9.17, 15) is 9.90 Å². The first-order chi connectivity index (χ1) is 10.6. The summed E-state index contributed by atoms with van der Waals surface area (Å²) in [5.74, 6) is 0.0935. The number of phenolic OH excluding ortho intramolecular Hbond substituents is 1. The fraction of sp³-hybridized carbons (Fsp3) is 0.278. The molecule has 0 saturated carbocycles. The average Bonchev–Trinajstić information content (AvgIpc) is 2.56. The average molecular weight is 300 g/mol. The number of rotatable bonds is 6. The molecule has 0 aliphatic rings. The molecular weight excluding hydrogens is 280 g/mol. The fourth-order valence-corrected chi connectivity index (χ4v) is 2.49. The summed E-state index contributed by atoms with van der Waals surface area (Å²) in [5, 5.41) is 9.95. The van der Waals surface area contributed by atoms with Crippen molar-refractivity contribution >= 4 is 5.78 Å². The van der Waals surface area contributed by atoms with Gasteiger partial charge < -0.3 is 14.6 Å². The first kappa shape index (κ1) is 15.9. The molecule has 4 nitrogen and oxygen atoms in total. The minimum absolute atomic E-state index is 0.0229. The second kappa shape index (κ2) is 6.98. The topological polar surface area (TPSA) is 55.8 Å². The van der Waals surface area contributed by atoms with Crippen molar-refractivity contribution in [2.75, 3.05) is 14.2 Å². The Bertz CT molecular complexity index is 624. The van der Waals surface area contributed by atoms with E-state index in [-0.39, 0.29) is 28.9 Å². The largest absolute Gasteiger partial charge is 0.502 e. The van der Waals surface area contributed by atoms with Gasteiger partial charge in [0.25, 0.3) is 0 Å². The highest BCUT2D eigenvalue weighted by Gasteiger charge is 2.23. The van der Waals surface area contributed by atoms with Gasteiger partial charge >= 0.3 is 0 Å². The van der Waals surface area contributed by atoms with Crippen LogP contribution < -0.4 is 9.47 Å². The van der Waals surface area contributed by atoms with Crippen LogP contribution in [0.5, 0.6) is 17.2 Å². The van der Waals surface area contributed by atoms with Crippen molar-refractivity contribution in [3.05, 3.63) is 53.6 Å². The summed E-state index contributed by atoms with van der Waals surface area (Å²) >= 11 is 0. The highest BCUT2D eigenvalue weighted by Crippen LogP contribution is 2.38. The quantitative estimate of drug-likeness (QED) is 0.825. The normalized spacial score (nSPS) is 11.8. The van der Waals surface area contributed by atoms with Gasteiger partial charge in [0.2, 0.25) is 5.75 Å². The number of methoxy groups -OCH3 is 2. The van der Waals surface area contributed by atoms with Crippen LogP contribution in [0.3, 0.4) is 0 Å². The molecule has 0 aromatic heterocycles. The van der Waals surface area contributed by atoms with Crippen LogP contribution in [0.1, 0.15) is 35.2 Å². The zero-order chi connectivity index (χ0) is 16.1. The van der Waals surface area contributed by atoms with Gasteiger partial charge in [-0.25, -0.2) is 0 Å². The molecule has 0 saturated heterocycles. The smallest absolute Gasteiger partial charge is 0.200 e. The minimum atomic E-state index is -0.236. The molecule has 2 rings (SSSR count). The van der Waals surface area contributed by atoms with Crippen molar-refractivity contribution in [3.8, 4) is 17.2 Å². The number of hydrogen-bond acceptors (Lipinski definition) is 4. The molecule has 116 valence electrons. The molecular formula is C18H20O4. The van der Waals surface area contributed by atoms with Gasteiger partial charge in [-0.15, -0.1) is 0 Å². The van der Waals surface area contributed by atoms with E-state index in [2.05, 4.69) is 0 Å². The number of ketones is 1. The molecule has 0 fully saturated rings. The molecule has 2 aromatic carbocycles. The molecule has 0 spiro atoms. The lowest BCUT2D eigenvalue weighted by Crippen LogP contribution is -2.12. The Balaban J connectivity index is 2.44. The molecule has 1 atom stereocenters. The maximum Gasteiger partial charge on any atom is 0.200 e. The van der Waals surface area contributed by atoms with Gasteiger partial charge in [-0.1, -0.05) is 37.3 Å². The van der Waals surface area contributed by atoms with Gasteiger partial charge in [0.15, 0.2) is 17.3 Å². The Morgan fingerprint density at radius 2 is 1.64 bits per heavy atom. The lowest BCUT2D eigenvalue weighted by atomic mass is 9.88. The van der Waals surface area contributed by atoms with Crippen LogP contribution in [0, 0.1) is 0 Å². The molecule has 1 unspecified atom stereocenters. The highest BCUT2D eigenvalue weighted by molar-refractivity contribution is 6.02. The molecule has 2 aromatic rings. The summed E-state index contributed by atoms with van der Waals surface area (Å²) in [6.45, 7) is 1.98. The van der Waals surface area contributed by atoms with E-state index in [0.29, 0.717) is 12.0 Å². The Morgan fingerprint density at radius 3 is 2.09 bits per heavy atom. The van der Waals surface area contributed by atoms with Crippen LogP contribution in [0.4, 0.5) is 0 Å². The summed E-state index contributed by atoms with van der Waals surface area (Å²) in [4.78, 5) is 12.8. The maximum atomic E-state index is 12.8. The Hall–Kier alpha value is -2.49. The molecule has 1 N–H and O–H groups in total. The van der Waals surface area contributed by atoms with E-state index in [1.54, 1.807) is 12.1 Å². The van der Waals surface area contributed by atoms with Crippen molar-refractivity contribution in [2.24, 2.45) is 0 Å². The first-order valence-corrected chi connectivity index (χ1v) is 7.16. The van der Waals surface area contributed by atoms with E-state index in [4.69, 9.17) is 9.47 Å². The van der Waals surface area contributed by atoms with Gasteiger partial charge in [0, 0.05) is 11.5 Å². The van der Waals surface area contributed by atoms with Crippen LogP contribution in [0.2, 0.25) is 0 Å². The second-order valence-corrected chi connectivity index (χ2v) is 4.97. The molecule has 0 aliphatic carbocycles. The summed E-state index contributed by atoms with van der Waals surface area (Å²) in [7, 11) is 2.88. The van der Waals surface area contributed by atoms with E-state index < -0.39 is 0 Å². The van der Waals surface area contributed by atoms with Gasteiger partial charge in [0.05, 0.1) is 14.2 Å². The summed E-state index contributed by atoms with van der Waals surface area (Å²) in [5.41, 5.74) is 1.43. The third-order valence-electron chi connectivity index (χ3n) is 3.69. The van der Waals surface area contributed by atoms with Crippen LogP contribution >= 0.6 is 0 Å². The minimum Gasteiger partial charge on any atom is -0.502 e. The number of carbonyl (C=O) groups is 1. The number of benzene rings is 2. The standard InChI is InChI=1S/C18H20O4/c1-4-14(12-8-6-5-7-9-12)17(19)13-10-15(21-2)18(20)16(11-13)22-3/h5-11,14,20H,4H2,1-3H3. The van der Waals surface area contributed by atoms with Crippen molar-refractivity contribution in [1.29, 1.82) is 0 Å². The summed E-state index contributed by atoms with van der Waals surface area (Å²) < 4.78 is 10.2. The van der Waals surface area contributed by atoms with E-state index in [0.717, 1.165) is 5.56 Å². The number of Topliss-reactive ketones (excluding diaryl/α,β-unsaturated/α-hetero) is 1. The zero-order valence-corrected chi connectivity index (χ0v) is 13.0. The first-order valence-electron chi connectivity index (χ1n) is 7.16. The van der Waals surface area contributed by atoms with Crippen molar-refractivity contribution in [3.63, 3.8) is 0 Å². The monoisotopic (exact) mass is 300 g/mol. The number of aromatic hydroxyl groups is 1. The molecule has 22 heavy (non-hydrogen) atoms. The maximum absolute atomic E-state index is 12.8. The Labute approximate surface area is 130 Å². The number of ether oxygens (including phenoxy) is 2. The van der Waals surface area contributed by atoms with Crippen LogP contribution in [0.15, 0.2) is 42.5 Å². The van der Waals surface area contributed by atoms with Gasteiger partial charge in [-0.05, 0) is 24.1 Å². The Kier molecular flexibility index (Phi) is 5.04. The van der Waals surface area contributed by atoms with Gasteiger partial charge in [0.1, 0.15) is 0 Å². The lowest BCUT2D eigenvalue weighted by molar-refractivity contribution is 0.0956. The van der Waals surface area contributed by atoms with E-state index >= 15 is 0 Å². The molecule has 0 bridgehead atoms. The summed E-state index contributed by atoms with van der Waals surface area (Å²) in [6, 6.07) is 12.7. The van der Waals surface area contributed by atoms with Crippen LogP contribution in [-0.4, -0.2) is 25.1 Å². The SMILES string of the molecule is CCC(C(=O)c1cc(OC)c(O)c(OC)c1)c1ccccc1. The van der Waals surface area contributed by atoms with Crippen molar-refractivity contribution in [1.82, 2.24) is 0 Å². The summed E-state index contributed by atoms with van der Waals surface area (Å²) in [6.07, 6.45) is 0.689. The third kappa shape index (κ3) is 3.06. The fourth-order valence-electron chi connectivity index (χ4n) is 2.49. The number of hydrogen-bond donors (Lipinski definition) is 1. The van der Waals surface area contributed by atoms with Crippen LogP contribution in [-0.2, 0) is 0 Å². The molecule has 0 amide bonds. The molecule has 0 heterocycles. The van der Waals surface area contributed by atoms with E-state index in [1.807, 2.05) is 37.3 Å². The lowest BCUT2D eigenvalue weighted by Gasteiger charge is -2.16. The van der Waals surface area contributed by atoms with Gasteiger partial charge in [-0.3, -0.25) is 4.79 Å². The third-order valence-corrected chi connectivity index (χ3v) is 3.69. The highest BCUT2D eigenvalue weighted by atomic mass is 16.5. The van der Waals surface area contributed by atoms with Crippen molar-refractivity contribution in [2.45, 2.75) is 19.3 Å². The predicted octanol–water partition coefficient (Wildman–Crippen LogP) is 3.79. The number of phenols is 1. The van der Waals surface area contributed by atoms with Crippen molar-refractivity contribution < 1.29 is 19.4 Å². The van der Waals surface area contributed by atoms with E-state index in [1.165, 1.54) is 14.2 Å². The predicted molar refractivity (Wildman–Crippen MR) is 85.0 cm³/mol. The second-order valence-electron chi connectivity index (χ2n) is 4.97. The molecule has 4 heteroatoms. The van der Waals surface area contributed by atoms with Gasteiger partial charge in [-0.2, -0.15) is 0 Å². The Morgan fingerprint density at radius 1 is 1.09 bits per heavy atom. The zero-order valence-electron chi connectivity index (χ0n) is 13.0. The molecule has 0 radical (unpaired) electrons. The molecule has 0 aliphatic heterocycles.